The summed E-state index contributed by atoms with van der Waals surface area (Å²) < 4.78 is 0. The molecule has 0 aromatic heterocycles. The number of rotatable bonds is 6. The van der Waals surface area contributed by atoms with E-state index in [4.69, 9.17) is 0 Å². The number of hydrogen-bond donors (Lipinski definition) is 0. The van der Waals surface area contributed by atoms with Gasteiger partial charge in [0.25, 0.3) is 0 Å². The summed E-state index contributed by atoms with van der Waals surface area (Å²) >= 11 is 0. The van der Waals surface area contributed by atoms with Crippen molar-refractivity contribution >= 4 is 55.7 Å². The molecule has 0 radical (unpaired) electrons. The first-order valence-electron chi connectivity index (χ1n) is 22.5. The van der Waals surface area contributed by atoms with Gasteiger partial charge >= 0.3 is 0 Å². The van der Waals surface area contributed by atoms with E-state index in [0.717, 1.165) is 22.6 Å². The third-order valence-electron chi connectivity index (χ3n) is 14.2. The summed E-state index contributed by atoms with van der Waals surface area (Å²) in [5.74, 6) is 0. The molecule has 0 N–H and O–H groups in total. The molecule has 2 aliphatic rings. The summed E-state index contributed by atoms with van der Waals surface area (Å²) in [4.78, 5) is 4.96. The Morgan fingerprint density at radius 2 is 0.875 bits per heavy atom. The Morgan fingerprint density at radius 1 is 0.328 bits per heavy atom. The van der Waals surface area contributed by atoms with Gasteiger partial charge in [-0.3, -0.25) is 0 Å². The fourth-order valence-corrected chi connectivity index (χ4v) is 10.9. The van der Waals surface area contributed by atoms with E-state index >= 15 is 0 Å². The summed E-state index contributed by atoms with van der Waals surface area (Å²) in [6, 6.07) is 81.0. The molecule has 10 aromatic rings. The molecule has 0 bridgehead atoms. The van der Waals surface area contributed by atoms with Crippen LogP contribution in [-0.2, 0) is 10.8 Å². The van der Waals surface area contributed by atoms with Crippen LogP contribution in [0.3, 0.4) is 0 Å². The van der Waals surface area contributed by atoms with Gasteiger partial charge in [-0.05, 0) is 121 Å². The normalized spacial score (nSPS) is 14.2. The lowest BCUT2D eigenvalue weighted by molar-refractivity contribution is 0.632. The quantitative estimate of drug-likeness (QED) is 0.165. The lowest BCUT2D eigenvalue weighted by Gasteiger charge is -2.43. The van der Waals surface area contributed by atoms with Crippen molar-refractivity contribution in [3.8, 4) is 33.4 Å². The van der Waals surface area contributed by atoms with Crippen LogP contribution in [0.5, 0.6) is 0 Å². The molecule has 1 aliphatic heterocycles. The van der Waals surface area contributed by atoms with Gasteiger partial charge in [0.1, 0.15) is 0 Å². The van der Waals surface area contributed by atoms with Crippen LogP contribution in [0.2, 0.25) is 0 Å². The van der Waals surface area contributed by atoms with E-state index in [1.54, 1.807) is 0 Å². The molecule has 12 rings (SSSR count). The molecule has 0 saturated carbocycles. The predicted octanol–water partition coefficient (Wildman–Crippen LogP) is 17.2. The minimum Gasteiger partial charge on any atom is -0.310 e. The van der Waals surface area contributed by atoms with Crippen molar-refractivity contribution in [1.29, 1.82) is 0 Å². The van der Waals surface area contributed by atoms with Crippen molar-refractivity contribution in [2.75, 3.05) is 9.80 Å². The van der Waals surface area contributed by atoms with Gasteiger partial charge < -0.3 is 9.80 Å². The van der Waals surface area contributed by atoms with Gasteiger partial charge in [0.15, 0.2) is 0 Å². The fourth-order valence-electron chi connectivity index (χ4n) is 10.9. The van der Waals surface area contributed by atoms with Gasteiger partial charge in [-0.2, -0.15) is 0 Å². The van der Waals surface area contributed by atoms with Crippen molar-refractivity contribution in [2.45, 2.75) is 38.5 Å². The molecule has 306 valence electrons. The third kappa shape index (κ3) is 5.86. The number of para-hydroxylation sites is 2. The first-order chi connectivity index (χ1) is 31.3. The maximum Gasteiger partial charge on any atom is 0.0618 e. The van der Waals surface area contributed by atoms with Crippen LogP contribution >= 0.6 is 0 Å². The Morgan fingerprint density at radius 3 is 1.70 bits per heavy atom. The Labute approximate surface area is 376 Å². The maximum atomic E-state index is 2.56. The standard InChI is InChI=1S/C62H48N2/c1-61(2)54-23-13-12-22-52(54)53-36-34-49(40-57(53)61)63(47-19-6-5-7-20-47)48-32-28-43(29-33-48)51-35-30-42-17-10-11-21-50(42)60(51)64-58-25-15-14-24-55(58)62(3,4)56-37-31-46(39-59(56)64)45-27-26-41-16-8-9-18-44(41)38-45/h5-40H,1-4H3. The molecule has 0 atom stereocenters. The van der Waals surface area contributed by atoms with E-state index in [-0.39, 0.29) is 10.8 Å². The van der Waals surface area contributed by atoms with E-state index in [1.165, 1.54) is 88.7 Å². The number of anilines is 6. The van der Waals surface area contributed by atoms with E-state index in [9.17, 15) is 0 Å². The number of nitrogens with zero attached hydrogens (tertiary/aromatic N) is 2. The van der Waals surface area contributed by atoms with E-state index < -0.39 is 0 Å². The second kappa shape index (κ2) is 14.4. The highest BCUT2D eigenvalue weighted by molar-refractivity contribution is 6.08. The summed E-state index contributed by atoms with van der Waals surface area (Å²) in [5, 5.41) is 4.93. The SMILES string of the molecule is CC1(C)c2ccccc2-c2ccc(N(c3ccccc3)c3ccc(-c4ccc5ccccc5c4N4c5ccccc5C(C)(C)c5ccc(-c6ccc7ccccc7c6)cc54)cc3)cc21. The van der Waals surface area contributed by atoms with Gasteiger partial charge in [0, 0.05) is 38.8 Å². The molecule has 64 heavy (non-hydrogen) atoms. The molecule has 2 nitrogen and oxygen atoms in total. The average molecular weight is 821 g/mol. The smallest absolute Gasteiger partial charge is 0.0618 e. The predicted molar refractivity (Wildman–Crippen MR) is 271 cm³/mol. The third-order valence-corrected chi connectivity index (χ3v) is 14.2. The lowest BCUT2D eigenvalue weighted by Crippen LogP contribution is -2.31. The van der Waals surface area contributed by atoms with Crippen molar-refractivity contribution in [1.82, 2.24) is 0 Å². The molecule has 0 saturated heterocycles. The number of benzene rings is 10. The van der Waals surface area contributed by atoms with E-state index in [1.807, 2.05) is 0 Å². The largest absolute Gasteiger partial charge is 0.310 e. The van der Waals surface area contributed by atoms with Crippen LogP contribution in [0.25, 0.3) is 54.9 Å². The summed E-state index contributed by atoms with van der Waals surface area (Å²) in [6.45, 7) is 9.46. The van der Waals surface area contributed by atoms with Crippen molar-refractivity contribution < 1.29 is 0 Å². The molecular formula is C62H48N2. The first kappa shape index (κ1) is 38.0. The second-order valence-electron chi connectivity index (χ2n) is 18.6. The molecule has 0 spiro atoms. The van der Waals surface area contributed by atoms with Crippen molar-refractivity contribution in [3.05, 3.63) is 241 Å². The van der Waals surface area contributed by atoms with Crippen LogP contribution < -0.4 is 9.80 Å². The Hall–Kier alpha value is -7.68. The maximum absolute atomic E-state index is 2.56. The van der Waals surface area contributed by atoms with Gasteiger partial charge in [0.2, 0.25) is 0 Å². The van der Waals surface area contributed by atoms with Gasteiger partial charge in [-0.25, -0.2) is 0 Å². The number of fused-ring (bicyclic) bond motifs is 7. The summed E-state index contributed by atoms with van der Waals surface area (Å²) in [7, 11) is 0. The zero-order valence-corrected chi connectivity index (χ0v) is 36.7. The number of hydrogen-bond acceptors (Lipinski definition) is 2. The molecule has 0 unspecified atom stereocenters. The van der Waals surface area contributed by atoms with Crippen molar-refractivity contribution in [3.63, 3.8) is 0 Å². The summed E-state index contributed by atoms with van der Waals surface area (Å²) in [5.41, 5.74) is 19.5. The highest BCUT2D eigenvalue weighted by Gasteiger charge is 2.39. The average Bonchev–Trinajstić information content (AvgIpc) is 3.57. The van der Waals surface area contributed by atoms with Crippen LogP contribution in [-0.4, -0.2) is 0 Å². The molecule has 1 aliphatic carbocycles. The minimum atomic E-state index is -0.215. The van der Waals surface area contributed by atoms with Gasteiger partial charge in [-0.15, -0.1) is 0 Å². The van der Waals surface area contributed by atoms with Gasteiger partial charge in [-0.1, -0.05) is 191 Å². The topological polar surface area (TPSA) is 6.48 Å². The van der Waals surface area contributed by atoms with Crippen LogP contribution in [0.1, 0.15) is 49.9 Å². The lowest BCUT2D eigenvalue weighted by atomic mass is 9.73. The molecule has 0 amide bonds. The highest BCUT2D eigenvalue weighted by Crippen LogP contribution is 2.56. The zero-order chi connectivity index (χ0) is 43.2. The Bertz CT molecular complexity index is 3450. The second-order valence-corrected chi connectivity index (χ2v) is 18.6. The Balaban J connectivity index is 1.03. The fraction of sp³-hybridized carbons (Fsp3) is 0.0968. The minimum absolute atomic E-state index is 0.0994. The van der Waals surface area contributed by atoms with E-state index in [0.29, 0.717) is 0 Å². The Kier molecular flexibility index (Phi) is 8.58. The van der Waals surface area contributed by atoms with Crippen LogP contribution in [0.4, 0.5) is 34.1 Å². The zero-order valence-electron chi connectivity index (χ0n) is 36.7. The van der Waals surface area contributed by atoms with Crippen molar-refractivity contribution in [2.24, 2.45) is 0 Å². The van der Waals surface area contributed by atoms with Crippen LogP contribution in [0.15, 0.2) is 218 Å². The highest BCUT2D eigenvalue weighted by atomic mass is 15.2. The van der Waals surface area contributed by atoms with E-state index in [2.05, 4.69) is 256 Å². The molecule has 2 heteroatoms. The molecule has 10 aromatic carbocycles. The molecular weight excluding hydrogens is 773 g/mol. The van der Waals surface area contributed by atoms with Gasteiger partial charge in [0.05, 0.1) is 17.1 Å². The molecule has 0 fully saturated rings. The monoisotopic (exact) mass is 820 g/mol. The first-order valence-corrected chi connectivity index (χ1v) is 22.5. The van der Waals surface area contributed by atoms with Crippen LogP contribution in [0, 0.1) is 0 Å². The summed E-state index contributed by atoms with van der Waals surface area (Å²) in [6.07, 6.45) is 0. The molecule has 1 heterocycles.